The summed E-state index contributed by atoms with van der Waals surface area (Å²) in [5.41, 5.74) is -0.200. The van der Waals surface area contributed by atoms with Crippen LogP contribution in [0.4, 0.5) is 0 Å². The topological polar surface area (TPSA) is 86.5 Å². The minimum Gasteiger partial charge on any atom is -0.461 e. The van der Waals surface area contributed by atoms with Crippen LogP contribution in [0.15, 0.2) is 0 Å². The third-order valence-corrected chi connectivity index (χ3v) is 4.96. The second-order valence-corrected chi connectivity index (χ2v) is 8.20. The highest BCUT2D eigenvalue weighted by molar-refractivity contribution is 7.89. The minimum absolute atomic E-state index is 0.128. The third-order valence-electron chi connectivity index (χ3n) is 4.20. The molecule has 0 radical (unpaired) electrons. The fourth-order valence-corrected chi connectivity index (χ4v) is 4.47. The maximum Gasteiger partial charge on any atom is 0.306 e. The predicted octanol–water partition coefficient (Wildman–Crippen LogP) is 1.18. The summed E-state index contributed by atoms with van der Waals surface area (Å²) in [7, 11) is -3.62. The summed E-state index contributed by atoms with van der Waals surface area (Å²) in [6.07, 6.45) is 3.54. The number of carbonyl (C=O) groups is 1. The molecule has 2 unspecified atom stereocenters. The molecule has 2 rings (SSSR count). The number of ether oxygens (including phenoxy) is 1. The van der Waals surface area contributed by atoms with Gasteiger partial charge in [0.2, 0.25) is 10.0 Å². The maximum atomic E-state index is 11.6. The quantitative estimate of drug-likeness (QED) is 0.767. The standard InChI is InChI=1S/C12H21NO4S/c1-11(2)4-3-5-12(8-11)6-10(14)17-9(12)7-18(13,15)16/h9H,3-8H2,1-2H3,(H2,13,15,16). The van der Waals surface area contributed by atoms with Gasteiger partial charge < -0.3 is 4.74 Å². The van der Waals surface area contributed by atoms with Crippen molar-refractivity contribution in [2.75, 3.05) is 5.75 Å². The SMILES string of the molecule is CC1(C)CCCC2(CC(=O)OC2CS(N)(=O)=O)C1. The largest absolute Gasteiger partial charge is 0.461 e. The lowest BCUT2D eigenvalue weighted by atomic mass is 9.61. The molecule has 18 heavy (non-hydrogen) atoms. The first kappa shape index (κ1) is 13.8. The first-order valence-corrected chi connectivity index (χ1v) is 8.04. The number of carbonyl (C=O) groups excluding carboxylic acids is 1. The highest BCUT2D eigenvalue weighted by Gasteiger charge is 2.53. The zero-order chi connectivity index (χ0) is 13.6. The Morgan fingerprint density at radius 2 is 2.06 bits per heavy atom. The van der Waals surface area contributed by atoms with Gasteiger partial charge in [0.15, 0.2) is 0 Å². The van der Waals surface area contributed by atoms with E-state index in [4.69, 9.17) is 9.88 Å². The average molecular weight is 275 g/mol. The zero-order valence-electron chi connectivity index (χ0n) is 10.9. The molecule has 1 spiro atoms. The normalized spacial score (nSPS) is 35.7. The van der Waals surface area contributed by atoms with E-state index in [-0.39, 0.29) is 22.6 Å². The van der Waals surface area contributed by atoms with E-state index in [0.29, 0.717) is 6.42 Å². The van der Waals surface area contributed by atoms with Gasteiger partial charge in [-0.3, -0.25) is 4.79 Å². The molecule has 104 valence electrons. The zero-order valence-corrected chi connectivity index (χ0v) is 11.8. The third kappa shape index (κ3) is 2.85. The van der Waals surface area contributed by atoms with Crippen LogP contribution in [0.5, 0.6) is 0 Å². The minimum atomic E-state index is -3.62. The molecule has 1 saturated carbocycles. The number of cyclic esters (lactones) is 1. The van der Waals surface area contributed by atoms with Crippen LogP contribution in [0.2, 0.25) is 0 Å². The molecule has 1 aliphatic heterocycles. The summed E-state index contributed by atoms with van der Waals surface area (Å²) < 4.78 is 27.8. The maximum absolute atomic E-state index is 11.6. The number of nitrogens with two attached hydrogens (primary N) is 1. The van der Waals surface area contributed by atoms with Crippen molar-refractivity contribution >= 4 is 16.0 Å². The van der Waals surface area contributed by atoms with Crippen LogP contribution in [0.25, 0.3) is 0 Å². The average Bonchev–Trinajstić information content (AvgIpc) is 2.36. The lowest BCUT2D eigenvalue weighted by Gasteiger charge is -2.44. The Hall–Kier alpha value is -0.620. The van der Waals surface area contributed by atoms with Crippen LogP contribution < -0.4 is 5.14 Å². The molecule has 0 bridgehead atoms. The molecule has 2 aliphatic rings. The van der Waals surface area contributed by atoms with E-state index < -0.39 is 16.1 Å². The van der Waals surface area contributed by atoms with Crippen molar-refractivity contribution in [3.05, 3.63) is 0 Å². The van der Waals surface area contributed by atoms with Crippen molar-refractivity contribution in [3.63, 3.8) is 0 Å². The van der Waals surface area contributed by atoms with Crippen molar-refractivity contribution < 1.29 is 17.9 Å². The number of hydrogen-bond donors (Lipinski definition) is 1. The molecule has 2 N–H and O–H groups in total. The van der Waals surface area contributed by atoms with Gasteiger partial charge in [-0.05, 0) is 24.7 Å². The Balaban J connectivity index is 2.25. The molecular weight excluding hydrogens is 254 g/mol. The summed E-state index contributed by atoms with van der Waals surface area (Å²) in [6, 6.07) is 0. The van der Waals surface area contributed by atoms with Gasteiger partial charge in [0, 0.05) is 5.41 Å². The number of primary sulfonamides is 1. The second-order valence-electron chi connectivity index (χ2n) is 6.54. The first-order chi connectivity index (χ1) is 8.12. The molecule has 1 saturated heterocycles. The number of esters is 1. The van der Waals surface area contributed by atoms with Crippen molar-refractivity contribution in [2.45, 2.75) is 52.1 Å². The van der Waals surface area contributed by atoms with Crippen molar-refractivity contribution in [1.29, 1.82) is 0 Å². The Labute approximate surface area is 108 Å². The fraction of sp³-hybridized carbons (Fsp3) is 0.917. The van der Waals surface area contributed by atoms with Gasteiger partial charge in [0.1, 0.15) is 11.9 Å². The molecule has 0 aromatic carbocycles. The first-order valence-electron chi connectivity index (χ1n) is 6.32. The second kappa shape index (κ2) is 4.20. The summed E-state index contributed by atoms with van der Waals surface area (Å²) in [5.74, 6) is -0.546. The summed E-state index contributed by atoms with van der Waals surface area (Å²) in [4.78, 5) is 11.6. The predicted molar refractivity (Wildman–Crippen MR) is 67.2 cm³/mol. The van der Waals surface area contributed by atoms with E-state index >= 15 is 0 Å². The van der Waals surface area contributed by atoms with Crippen molar-refractivity contribution in [3.8, 4) is 0 Å². The molecule has 0 aromatic heterocycles. The molecule has 1 aliphatic carbocycles. The molecule has 0 aromatic rings. The Kier molecular flexibility index (Phi) is 3.22. The van der Waals surface area contributed by atoms with E-state index in [1.807, 2.05) is 0 Å². The smallest absolute Gasteiger partial charge is 0.306 e. The van der Waals surface area contributed by atoms with Crippen LogP contribution >= 0.6 is 0 Å². The Morgan fingerprint density at radius 1 is 1.39 bits per heavy atom. The van der Waals surface area contributed by atoms with Gasteiger partial charge in [-0.25, -0.2) is 13.6 Å². The van der Waals surface area contributed by atoms with Gasteiger partial charge in [-0.2, -0.15) is 0 Å². The van der Waals surface area contributed by atoms with Gasteiger partial charge in [0.25, 0.3) is 0 Å². The fourth-order valence-electron chi connectivity index (χ4n) is 3.62. The summed E-state index contributed by atoms with van der Waals surface area (Å²) in [6.45, 7) is 4.31. The lowest BCUT2D eigenvalue weighted by molar-refractivity contribution is -0.141. The molecule has 6 heteroatoms. The van der Waals surface area contributed by atoms with E-state index in [1.165, 1.54) is 0 Å². The molecular formula is C12H21NO4S. The highest BCUT2D eigenvalue weighted by Crippen LogP contribution is 2.53. The monoisotopic (exact) mass is 275 g/mol. The molecule has 5 nitrogen and oxygen atoms in total. The van der Waals surface area contributed by atoms with Gasteiger partial charge in [-0.1, -0.05) is 20.3 Å². The Bertz CT molecular complexity index is 457. The van der Waals surface area contributed by atoms with Crippen molar-refractivity contribution in [2.24, 2.45) is 16.0 Å². The van der Waals surface area contributed by atoms with Crippen LogP contribution in [-0.4, -0.2) is 26.2 Å². The van der Waals surface area contributed by atoms with Gasteiger partial charge in [-0.15, -0.1) is 0 Å². The molecule has 0 amide bonds. The van der Waals surface area contributed by atoms with E-state index in [2.05, 4.69) is 13.8 Å². The van der Waals surface area contributed by atoms with E-state index in [1.54, 1.807) is 0 Å². The number of hydrogen-bond acceptors (Lipinski definition) is 4. The Morgan fingerprint density at radius 3 is 2.61 bits per heavy atom. The molecule has 1 heterocycles. The van der Waals surface area contributed by atoms with Crippen LogP contribution in [0, 0.1) is 10.8 Å². The van der Waals surface area contributed by atoms with Crippen molar-refractivity contribution in [1.82, 2.24) is 0 Å². The van der Waals surface area contributed by atoms with E-state index in [0.717, 1.165) is 25.7 Å². The van der Waals surface area contributed by atoms with Crippen LogP contribution in [0.1, 0.15) is 46.0 Å². The summed E-state index contributed by atoms with van der Waals surface area (Å²) >= 11 is 0. The van der Waals surface area contributed by atoms with E-state index in [9.17, 15) is 13.2 Å². The molecule has 2 fully saturated rings. The number of sulfonamides is 1. The molecule has 2 atom stereocenters. The lowest BCUT2D eigenvalue weighted by Crippen LogP contribution is -2.43. The highest BCUT2D eigenvalue weighted by atomic mass is 32.2. The van der Waals surface area contributed by atoms with Gasteiger partial charge >= 0.3 is 5.97 Å². The number of rotatable bonds is 2. The van der Waals surface area contributed by atoms with Crippen LogP contribution in [-0.2, 0) is 19.6 Å². The van der Waals surface area contributed by atoms with Gasteiger partial charge in [0.05, 0.1) is 6.42 Å². The summed E-state index contributed by atoms with van der Waals surface area (Å²) in [5, 5.41) is 5.10. The van der Waals surface area contributed by atoms with Crippen LogP contribution in [0.3, 0.4) is 0 Å².